The van der Waals surface area contributed by atoms with Gasteiger partial charge in [-0.05, 0) is 67.4 Å². The van der Waals surface area contributed by atoms with E-state index in [1.165, 1.54) is 12.1 Å². The number of nitrogens with one attached hydrogen (secondary N) is 1. The summed E-state index contributed by atoms with van der Waals surface area (Å²) in [6, 6.07) is 14.0. The summed E-state index contributed by atoms with van der Waals surface area (Å²) in [7, 11) is 0. The van der Waals surface area contributed by atoms with Gasteiger partial charge < -0.3 is 9.47 Å². The maximum absolute atomic E-state index is 13.2. The van der Waals surface area contributed by atoms with Gasteiger partial charge in [0.15, 0.2) is 11.5 Å². The van der Waals surface area contributed by atoms with Crippen LogP contribution in [0.3, 0.4) is 0 Å². The molecule has 7 nitrogen and oxygen atoms in total. The second-order valence-electron chi connectivity index (χ2n) is 8.05. The third kappa shape index (κ3) is 5.91. The zero-order valence-corrected chi connectivity index (χ0v) is 22.1. The zero-order chi connectivity index (χ0) is 26.7. The fourth-order valence-electron chi connectivity index (χ4n) is 3.58. The van der Waals surface area contributed by atoms with Gasteiger partial charge in [0.05, 0.1) is 12.3 Å². The van der Waals surface area contributed by atoms with E-state index in [1.807, 2.05) is 6.92 Å². The molecule has 0 aromatic heterocycles. The van der Waals surface area contributed by atoms with Crippen molar-refractivity contribution >= 4 is 64.4 Å². The number of ether oxygens (including phenoxy) is 2. The number of hydrogen-bond acceptors (Lipinski definition) is 5. The second-order valence-corrected chi connectivity index (χ2v) is 9.31. The largest absolute Gasteiger partial charge is 0.490 e. The Balaban J connectivity index is 1.62. The fraction of sp³-hybridized carbons (Fsp3) is 0.148. The van der Waals surface area contributed by atoms with Gasteiger partial charge in [-0.2, -0.15) is 0 Å². The lowest BCUT2D eigenvalue weighted by Gasteiger charge is -2.26. The van der Waals surface area contributed by atoms with Crippen molar-refractivity contribution in [1.29, 1.82) is 0 Å². The highest BCUT2D eigenvalue weighted by molar-refractivity contribution is 6.39. The molecule has 1 N–H and O–H groups in total. The normalized spacial score (nSPS) is 14.7. The Labute approximate surface area is 228 Å². The quantitative estimate of drug-likeness (QED) is 0.260. The number of carbonyl (C=O) groups excluding carboxylic acids is 3. The number of halogens is 3. The Morgan fingerprint density at radius 3 is 2.38 bits per heavy atom. The van der Waals surface area contributed by atoms with E-state index in [1.54, 1.807) is 55.5 Å². The van der Waals surface area contributed by atoms with Crippen LogP contribution in [-0.2, 0) is 16.2 Å². The second kappa shape index (κ2) is 11.3. The van der Waals surface area contributed by atoms with Gasteiger partial charge in [-0.1, -0.05) is 53.0 Å². The summed E-state index contributed by atoms with van der Waals surface area (Å²) >= 11 is 18.4. The number of aryl methyl sites for hydroxylation is 1. The van der Waals surface area contributed by atoms with E-state index >= 15 is 0 Å². The molecule has 0 unspecified atom stereocenters. The molecule has 10 heteroatoms. The number of urea groups is 1. The van der Waals surface area contributed by atoms with Gasteiger partial charge in [-0.15, -0.1) is 0 Å². The van der Waals surface area contributed by atoms with Crippen molar-refractivity contribution in [3.8, 4) is 11.5 Å². The van der Waals surface area contributed by atoms with Crippen molar-refractivity contribution in [3.05, 3.63) is 91.9 Å². The summed E-state index contributed by atoms with van der Waals surface area (Å²) in [6.07, 6.45) is 1.38. The molecule has 1 heterocycles. The third-order valence-electron chi connectivity index (χ3n) is 5.49. The Morgan fingerprint density at radius 2 is 1.68 bits per heavy atom. The predicted octanol–water partition coefficient (Wildman–Crippen LogP) is 6.60. The number of benzene rings is 3. The molecule has 0 radical (unpaired) electrons. The average molecular weight is 560 g/mol. The topological polar surface area (TPSA) is 84.9 Å². The SMILES string of the molecule is CCOc1cc(/C=C2/C(=O)NC(=O)N(c3ccc(C)c(Cl)c3)C2=O)ccc1OCc1ccc(Cl)cc1Cl. The summed E-state index contributed by atoms with van der Waals surface area (Å²) in [4.78, 5) is 39.1. The summed E-state index contributed by atoms with van der Waals surface area (Å²) < 4.78 is 11.6. The Bertz CT molecular complexity index is 1440. The van der Waals surface area contributed by atoms with Crippen LogP contribution in [0.2, 0.25) is 15.1 Å². The standard InChI is InChI=1S/C27H21Cl3N2O5/c1-3-36-24-11-16(5-9-23(24)37-14-17-6-7-18(28)12-22(17)30)10-20-25(33)31-27(35)32(26(20)34)19-8-4-15(2)21(29)13-19/h4-13H,3,14H2,1-2H3,(H,31,33,35)/b20-10-. The minimum atomic E-state index is -0.855. The molecular formula is C27H21Cl3N2O5. The monoisotopic (exact) mass is 558 g/mol. The molecule has 1 aliphatic heterocycles. The number of rotatable bonds is 7. The first-order chi connectivity index (χ1) is 17.7. The van der Waals surface area contributed by atoms with E-state index in [-0.39, 0.29) is 17.9 Å². The molecule has 0 spiro atoms. The molecule has 0 atom stereocenters. The van der Waals surface area contributed by atoms with Crippen molar-refractivity contribution < 1.29 is 23.9 Å². The minimum absolute atomic E-state index is 0.174. The number of amides is 4. The first kappa shape index (κ1) is 26.5. The van der Waals surface area contributed by atoms with E-state index in [4.69, 9.17) is 44.3 Å². The van der Waals surface area contributed by atoms with Gasteiger partial charge in [0.2, 0.25) is 0 Å². The number of nitrogens with zero attached hydrogens (tertiary/aromatic N) is 1. The van der Waals surface area contributed by atoms with Gasteiger partial charge in [0, 0.05) is 20.6 Å². The lowest BCUT2D eigenvalue weighted by atomic mass is 10.1. The molecule has 1 fully saturated rings. The van der Waals surface area contributed by atoms with E-state index in [2.05, 4.69) is 5.32 Å². The molecule has 0 saturated carbocycles. The molecule has 190 valence electrons. The molecule has 4 rings (SSSR count). The van der Waals surface area contributed by atoms with Crippen LogP contribution >= 0.6 is 34.8 Å². The van der Waals surface area contributed by atoms with Gasteiger partial charge in [0.1, 0.15) is 12.2 Å². The lowest BCUT2D eigenvalue weighted by Crippen LogP contribution is -2.54. The predicted molar refractivity (Wildman–Crippen MR) is 144 cm³/mol. The summed E-state index contributed by atoms with van der Waals surface area (Å²) in [5.74, 6) is -0.728. The zero-order valence-electron chi connectivity index (χ0n) is 19.8. The Kier molecular flexibility index (Phi) is 8.07. The average Bonchev–Trinajstić information content (AvgIpc) is 2.84. The Morgan fingerprint density at radius 1 is 0.892 bits per heavy atom. The number of anilines is 1. The number of imide groups is 2. The van der Waals surface area contributed by atoms with Crippen LogP contribution in [-0.4, -0.2) is 24.5 Å². The van der Waals surface area contributed by atoms with Crippen LogP contribution in [0.4, 0.5) is 10.5 Å². The van der Waals surface area contributed by atoms with Crippen LogP contribution in [0.1, 0.15) is 23.6 Å². The third-order valence-corrected chi connectivity index (χ3v) is 6.49. The molecule has 3 aromatic carbocycles. The molecule has 37 heavy (non-hydrogen) atoms. The van der Waals surface area contributed by atoms with Gasteiger partial charge in [-0.3, -0.25) is 14.9 Å². The van der Waals surface area contributed by atoms with Crippen molar-refractivity contribution in [1.82, 2.24) is 5.32 Å². The lowest BCUT2D eigenvalue weighted by molar-refractivity contribution is -0.122. The highest BCUT2D eigenvalue weighted by atomic mass is 35.5. The maximum atomic E-state index is 13.2. The van der Waals surface area contributed by atoms with Gasteiger partial charge in [-0.25, -0.2) is 9.69 Å². The minimum Gasteiger partial charge on any atom is -0.490 e. The highest BCUT2D eigenvalue weighted by Crippen LogP contribution is 2.32. The van der Waals surface area contributed by atoms with E-state index in [9.17, 15) is 14.4 Å². The number of barbiturate groups is 1. The van der Waals surface area contributed by atoms with Crippen molar-refractivity contribution in [2.24, 2.45) is 0 Å². The molecule has 3 aromatic rings. The van der Waals surface area contributed by atoms with E-state index in [0.717, 1.165) is 16.0 Å². The van der Waals surface area contributed by atoms with Crippen LogP contribution in [0, 0.1) is 6.92 Å². The van der Waals surface area contributed by atoms with Gasteiger partial charge >= 0.3 is 6.03 Å². The first-order valence-electron chi connectivity index (χ1n) is 11.2. The van der Waals surface area contributed by atoms with E-state index < -0.39 is 17.8 Å². The smallest absolute Gasteiger partial charge is 0.335 e. The fourth-order valence-corrected chi connectivity index (χ4v) is 4.21. The van der Waals surface area contributed by atoms with Crippen LogP contribution < -0.4 is 19.7 Å². The molecule has 1 saturated heterocycles. The van der Waals surface area contributed by atoms with Crippen molar-refractivity contribution in [2.45, 2.75) is 20.5 Å². The molecular weight excluding hydrogens is 539 g/mol. The van der Waals surface area contributed by atoms with Crippen LogP contribution in [0.5, 0.6) is 11.5 Å². The van der Waals surface area contributed by atoms with Gasteiger partial charge in [0.25, 0.3) is 11.8 Å². The number of carbonyl (C=O) groups is 3. The molecule has 0 aliphatic carbocycles. The van der Waals surface area contributed by atoms with E-state index in [0.29, 0.717) is 38.7 Å². The molecule has 1 aliphatic rings. The molecule has 4 amide bonds. The first-order valence-corrected chi connectivity index (χ1v) is 12.3. The van der Waals surface area contributed by atoms with Crippen molar-refractivity contribution in [3.63, 3.8) is 0 Å². The maximum Gasteiger partial charge on any atom is 0.335 e. The summed E-state index contributed by atoms with van der Waals surface area (Å²) in [6.45, 7) is 4.15. The summed E-state index contributed by atoms with van der Waals surface area (Å²) in [5, 5.41) is 3.58. The highest BCUT2D eigenvalue weighted by Gasteiger charge is 2.37. The Hall–Kier alpha value is -3.52. The number of hydrogen-bond donors (Lipinski definition) is 1. The summed E-state index contributed by atoms with van der Waals surface area (Å²) in [5.41, 5.74) is 2.04. The molecule has 0 bridgehead atoms. The van der Waals surface area contributed by atoms with Crippen LogP contribution in [0.25, 0.3) is 6.08 Å². The van der Waals surface area contributed by atoms with Crippen LogP contribution in [0.15, 0.2) is 60.2 Å². The van der Waals surface area contributed by atoms with Crippen molar-refractivity contribution in [2.75, 3.05) is 11.5 Å².